The summed E-state index contributed by atoms with van der Waals surface area (Å²) in [6, 6.07) is 5.61. The van der Waals surface area contributed by atoms with Gasteiger partial charge in [0.2, 0.25) is 4.77 Å². The number of nitrogens with zero attached hydrogens (tertiary/aromatic N) is 5. The van der Waals surface area contributed by atoms with Crippen LogP contribution in [0.25, 0.3) is 5.69 Å². The number of aromatic nitrogens is 3. The molecule has 1 aromatic carbocycles. The van der Waals surface area contributed by atoms with Crippen molar-refractivity contribution in [2.75, 3.05) is 27.2 Å². The summed E-state index contributed by atoms with van der Waals surface area (Å²) < 4.78 is 55.8. The van der Waals surface area contributed by atoms with E-state index in [9.17, 15) is 17.6 Å². The van der Waals surface area contributed by atoms with Crippen LogP contribution in [0.2, 0.25) is 0 Å². The van der Waals surface area contributed by atoms with E-state index in [1.807, 2.05) is 39.8 Å². The van der Waals surface area contributed by atoms with Crippen molar-refractivity contribution in [3.05, 3.63) is 40.7 Å². The van der Waals surface area contributed by atoms with Crippen LogP contribution in [-0.4, -0.2) is 57.5 Å². The van der Waals surface area contributed by atoms with Gasteiger partial charge in [-0.2, -0.15) is 18.3 Å². The zero-order valence-electron chi connectivity index (χ0n) is 17.2. The van der Waals surface area contributed by atoms with Gasteiger partial charge in [0, 0.05) is 12.2 Å². The molecular formula is C19H27F4N5S. The molecule has 1 aromatic heterocycles. The standard InChI is InChI=1S/C19H27F4N5S/c1-13(2)10-26(11-19(21,22)23)12-27-18(29)28(16-8-6-15(20)7-9-16)17(24-27)14(3)25(4)5/h6-9,13-14H,10-12H2,1-5H3. The molecule has 1 unspecified atom stereocenters. The van der Waals surface area contributed by atoms with Crippen molar-refractivity contribution >= 4 is 12.2 Å². The van der Waals surface area contributed by atoms with E-state index in [1.165, 1.54) is 21.7 Å². The molecule has 162 valence electrons. The van der Waals surface area contributed by atoms with Gasteiger partial charge >= 0.3 is 6.18 Å². The summed E-state index contributed by atoms with van der Waals surface area (Å²) in [6.07, 6.45) is -4.32. The van der Waals surface area contributed by atoms with Gasteiger partial charge in [-0.25, -0.2) is 9.07 Å². The molecule has 0 radical (unpaired) electrons. The number of rotatable bonds is 8. The molecule has 0 amide bonds. The van der Waals surface area contributed by atoms with Crippen LogP contribution in [-0.2, 0) is 6.67 Å². The summed E-state index contributed by atoms with van der Waals surface area (Å²) in [7, 11) is 3.74. The van der Waals surface area contributed by atoms with E-state index >= 15 is 0 Å². The Bertz CT molecular complexity index is 855. The molecule has 2 rings (SSSR count). The molecule has 0 aliphatic carbocycles. The molecule has 0 saturated carbocycles. The van der Waals surface area contributed by atoms with Gasteiger partial charge in [-0.05, 0) is 63.4 Å². The van der Waals surface area contributed by atoms with Gasteiger partial charge in [0.1, 0.15) is 5.82 Å². The Balaban J connectivity index is 2.50. The highest BCUT2D eigenvalue weighted by Crippen LogP contribution is 2.23. The van der Waals surface area contributed by atoms with Gasteiger partial charge in [0.05, 0.1) is 19.3 Å². The van der Waals surface area contributed by atoms with Crippen molar-refractivity contribution in [1.82, 2.24) is 24.1 Å². The summed E-state index contributed by atoms with van der Waals surface area (Å²) in [6.45, 7) is 4.76. The first-order chi connectivity index (χ1) is 13.4. The van der Waals surface area contributed by atoms with Crippen molar-refractivity contribution in [2.45, 2.75) is 39.7 Å². The van der Waals surface area contributed by atoms with Crippen LogP contribution in [0, 0.1) is 16.5 Å². The fourth-order valence-electron chi connectivity index (χ4n) is 2.98. The second-order valence-corrected chi connectivity index (χ2v) is 8.12. The minimum absolute atomic E-state index is 0.0471. The van der Waals surface area contributed by atoms with Gasteiger partial charge in [-0.15, -0.1) is 0 Å². The Morgan fingerprint density at radius 1 is 1.10 bits per heavy atom. The van der Waals surface area contributed by atoms with E-state index < -0.39 is 12.7 Å². The van der Waals surface area contributed by atoms with Crippen LogP contribution in [0.4, 0.5) is 17.6 Å². The van der Waals surface area contributed by atoms with Gasteiger partial charge in [-0.3, -0.25) is 14.4 Å². The maximum Gasteiger partial charge on any atom is 0.401 e. The zero-order valence-corrected chi connectivity index (χ0v) is 18.1. The third kappa shape index (κ3) is 6.35. The molecule has 2 aromatic rings. The molecule has 1 heterocycles. The molecule has 10 heteroatoms. The number of halogens is 4. The molecule has 0 fully saturated rings. The summed E-state index contributed by atoms with van der Waals surface area (Å²) in [5.74, 6) is 0.233. The molecule has 5 nitrogen and oxygen atoms in total. The maximum absolute atomic E-state index is 13.4. The van der Waals surface area contributed by atoms with Crippen LogP contribution in [0.1, 0.15) is 32.6 Å². The molecular weight excluding hydrogens is 406 g/mol. The fourth-order valence-corrected chi connectivity index (χ4v) is 3.28. The predicted octanol–water partition coefficient (Wildman–Crippen LogP) is 4.64. The fraction of sp³-hybridized carbons (Fsp3) is 0.579. The number of hydrogen-bond donors (Lipinski definition) is 0. The molecule has 0 N–H and O–H groups in total. The van der Waals surface area contributed by atoms with Crippen molar-refractivity contribution in [1.29, 1.82) is 0 Å². The largest absolute Gasteiger partial charge is 0.401 e. The Kier molecular flexibility index (Phi) is 7.58. The molecule has 0 aliphatic heterocycles. The predicted molar refractivity (Wildman–Crippen MR) is 107 cm³/mol. The molecule has 0 saturated heterocycles. The van der Waals surface area contributed by atoms with E-state index in [1.54, 1.807) is 16.7 Å². The zero-order chi connectivity index (χ0) is 21.9. The number of hydrogen-bond acceptors (Lipinski definition) is 4. The lowest BCUT2D eigenvalue weighted by molar-refractivity contribution is -0.151. The van der Waals surface area contributed by atoms with Gasteiger partial charge < -0.3 is 0 Å². The van der Waals surface area contributed by atoms with Crippen molar-refractivity contribution in [3.63, 3.8) is 0 Å². The number of alkyl halides is 3. The average Bonchev–Trinajstić information content (AvgIpc) is 2.89. The quantitative estimate of drug-likeness (QED) is 0.448. The lowest BCUT2D eigenvalue weighted by atomic mass is 10.2. The smallest absolute Gasteiger partial charge is 0.300 e. The third-order valence-corrected chi connectivity index (χ3v) is 4.85. The first kappa shape index (κ1) is 23.5. The van der Waals surface area contributed by atoms with Crippen LogP contribution >= 0.6 is 12.2 Å². The van der Waals surface area contributed by atoms with Crippen molar-refractivity contribution < 1.29 is 17.6 Å². The van der Waals surface area contributed by atoms with Crippen LogP contribution in [0.5, 0.6) is 0 Å². The van der Waals surface area contributed by atoms with E-state index in [4.69, 9.17) is 12.2 Å². The number of benzene rings is 1. The summed E-state index contributed by atoms with van der Waals surface area (Å²) in [5, 5.41) is 4.54. The Hall–Kier alpha value is -1.78. The molecule has 29 heavy (non-hydrogen) atoms. The Morgan fingerprint density at radius 3 is 2.17 bits per heavy atom. The molecule has 0 spiro atoms. The topological polar surface area (TPSA) is 29.2 Å². The summed E-state index contributed by atoms with van der Waals surface area (Å²) >= 11 is 5.55. The lowest BCUT2D eigenvalue weighted by Crippen LogP contribution is -2.38. The van der Waals surface area contributed by atoms with Gasteiger partial charge in [-0.1, -0.05) is 13.8 Å². The molecule has 1 atom stereocenters. The molecule has 0 bridgehead atoms. The highest BCUT2D eigenvalue weighted by molar-refractivity contribution is 7.71. The third-order valence-electron chi connectivity index (χ3n) is 4.46. The SMILES string of the molecule is CC(C)CN(Cn1nc(C(C)N(C)C)n(-c2ccc(F)cc2)c1=S)CC(F)(F)F. The van der Waals surface area contributed by atoms with E-state index in [0.29, 0.717) is 11.5 Å². The minimum atomic E-state index is -4.32. The lowest BCUT2D eigenvalue weighted by Gasteiger charge is -2.25. The van der Waals surface area contributed by atoms with E-state index in [2.05, 4.69) is 5.10 Å². The first-order valence-electron chi connectivity index (χ1n) is 9.30. The van der Waals surface area contributed by atoms with Gasteiger partial charge in [0.25, 0.3) is 0 Å². The normalized spacial score (nSPS) is 13.7. The van der Waals surface area contributed by atoms with E-state index in [-0.39, 0.29) is 35.8 Å². The van der Waals surface area contributed by atoms with E-state index in [0.717, 1.165) is 0 Å². The van der Waals surface area contributed by atoms with Gasteiger partial charge in [0.15, 0.2) is 5.82 Å². The second kappa shape index (κ2) is 9.36. The average molecular weight is 434 g/mol. The summed E-state index contributed by atoms with van der Waals surface area (Å²) in [4.78, 5) is 3.20. The summed E-state index contributed by atoms with van der Waals surface area (Å²) in [5.41, 5.74) is 0.609. The Labute approximate surface area is 173 Å². The first-order valence-corrected chi connectivity index (χ1v) is 9.71. The van der Waals surface area contributed by atoms with Crippen LogP contribution < -0.4 is 0 Å². The Morgan fingerprint density at radius 2 is 1.69 bits per heavy atom. The second-order valence-electron chi connectivity index (χ2n) is 7.75. The van der Waals surface area contributed by atoms with Crippen molar-refractivity contribution in [2.24, 2.45) is 5.92 Å². The molecule has 0 aliphatic rings. The highest BCUT2D eigenvalue weighted by atomic mass is 32.1. The van der Waals surface area contributed by atoms with Crippen molar-refractivity contribution in [3.8, 4) is 5.69 Å². The monoisotopic (exact) mass is 433 g/mol. The van der Waals surface area contributed by atoms with Crippen LogP contribution in [0.15, 0.2) is 24.3 Å². The van der Waals surface area contributed by atoms with Crippen LogP contribution in [0.3, 0.4) is 0 Å². The minimum Gasteiger partial charge on any atom is -0.300 e. The maximum atomic E-state index is 13.4. The highest BCUT2D eigenvalue weighted by Gasteiger charge is 2.31.